The van der Waals surface area contributed by atoms with Gasteiger partial charge >= 0.3 is 0 Å². The second-order valence-electron chi connectivity index (χ2n) is 12.6. The highest BCUT2D eigenvalue weighted by molar-refractivity contribution is 7.33. The Morgan fingerprint density at radius 1 is 0.431 bits per heavy atom. The van der Waals surface area contributed by atoms with E-state index in [4.69, 9.17) is 0 Å². The molecule has 0 amide bonds. The number of nitriles is 3. The van der Waals surface area contributed by atoms with Gasteiger partial charge in [0.25, 0.3) is 0 Å². The molecular formula is C45H22N4S2. The van der Waals surface area contributed by atoms with Crippen molar-refractivity contribution in [2.45, 2.75) is 0 Å². The molecule has 0 aliphatic rings. The topological polar surface area (TPSA) is 76.3 Å². The van der Waals surface area contributed by atoms with Gasteiger partial charge in [0.1, 0.15) is 6.07 Å². The molecule has 3 heterocycles. The van der Waals surface area contributed by atoms with Gasteiger partial charge in [-0.1, -0.05) is 66.7 Å². The minimum atomic E-state index is 0.585. The maximum absolute atomic E-state index is 10.4. The summed E-state index contributed by atoms with van der Waals surface area (Å²) in [6, 6.07) is 52.5. The number of thiophene rings is 2. The first-order valence-electron chi connectivity index (χ1n) is 16.4. The molecule has 234 valence electrons. The van der Waals surface area contributed by atoms with Crippen molar-refractivity contribution in [3.05, 3.63) is 150 Å². The summed E-state index contributed by atoms with van der Waals surface area (Å²) in [6.07, 6.45) is 0. The van der Waals surface area contributed by atoms with E-state index in [0.717, 1.165) is 49.7 Å². The third kappa shape index (κ3) is 4.34. The van der Waals surface area contributed by atoms with Gasteiger partial charge in [-0.05, 0) is 83.4 Å². The molecule has 6 heteroatoms. The molecular weight excluding hydrogens is 661 g/mol. The van der Waals surface area contributed by atoms with Gasteiger partial charge in [0.15, 0.2) is 0 Å². The smallest absolute Gasteiger partial charge is 0.101 e. The predicted molar refractivity (Wildman–Crippen MR) is 212 cm³/mol. The molecule has 51 heavy (non-hydrogen) atoms. The molecule has 7 aromatic carbocycles. The number of para-hydroxylation sites is 2. The highest BCUT2D eigenvalue weighted by atomic mass is 32.1. The molecule has 0 unspecified atom stereocenters. The number of hydrogen-bond donors (Lipinski definition) is 0. The van der Waals surface area contributed by atoms with Gasteiger partial charge in [-0.25, -0.2) is 0 Å². The van der Waals surface area contributed by atoms with Crippen LogP contribution in [0.1, 0.15) is 16.7 Å². The number of nitrogens with zero attached hydrogens (tertiary/aromatic N) is 4. The summed E-state index contributed by atoms with van der Waals surface area (Å²) < 4.78 is 7.22. The van der Waals surface area contributed by atoms with Gasteiger partial charge in [0, 0.05) is 47.3 Å². The van der Waals surface area contributed by atoms with Crippen molar-refractivity contribution in [1.29, 1.82) is 15.8 Å². The van der Waals surface area contributed by atoms with Crippen LogP contribution in [-0.4, -0.2) is 4.57 Å². The molecule has 0 atom stereocenters. The Labute approximate surface area is 300 Å². The molecule has 0 aliphatic carbocycles. The van der Waals surface area contributed by atoms with Crippen LogP contribution in [0.5, 0.6) is 0 Å². The first-order valence-corrected chi connectivity index (χ1v) is 18.1. The zero-order valence-corrected chi connectivity index (χ0v) is 28.4. The molecule has 4 nitrogen and oxygen atoms in total. The van der Waals surface area contributed by atoms with Crippen LogP contribution in [0.2, 0.25) is 0 Å². The second kappa shape index (κ2) is 11.1. The normalized spacial score (nSPS) is 11.5. The molecule has 10 aromatic rings. The Kier molecular flexibility index (Phi) is 6.38. The Bertz CT molecular complexity index is 3230. The lowest BCUT2D eigenvalue weighted by Crippen LogP contribution is -2.00. The standard InChI is InChI=1S/C45H22N4S2/c46-23-26-8-11-28(12-9-26)29-13-18-41-37(21-29)34-15-16-35-38-22-30(14-19-42(38)51-45(35)44(34)50-41)32-6-3-4-31(25-48)43(32)49-39-7-2-1-5-33(39)36-20-27(24-47)10-17-40(36)49/h1-22H. The van der Waals surface area contributed by atoms with Crippen molar-refractivity contribution in [2.24, 2.45) is 0 Å². The fourth-order valence-electron chi connectivity index (χ4n) is 7.54. The molecule has 0 fully saturated rings. The van der Waals surface area contributed by atoms with E-state index < -0.39 is 0 Å². The first kappa shape index (κ1) is 29.2. The molecule has 0 N–H and O–H groups in total. The zero-order valence-electron chi connectivity index (χ0n) is 26.8. The van der Waals surface area contributed by atoms with Crippen LogP contribution in [-0.2, 0) is 0 Å². The molecule has 3 aromatic heterocycles. The lowest BCUT2D eigenvalue weighted by Gasteiger charge is -2.16. The average molecular weight is 683 g/mol. The summed E-state index contributed by atoms with van der Waals surface area (Å²) in [4.78, 5) is 0. The molecule has 10 rings (SSSR count). The van der Waals surface area contributed by atoms with Crippen LogP contribution in [0.4, 0.5) is 0 Å². The second-order valence-corrected chi connectivity index (χ2v) is 14.7. The number of aromatic nitrogens is 1. The van der Waals surface area contributed by atoms with Crippen LogP contribution in [0.25, 0.3) is 90.1 Å². The highest BCUT2D eigenvalue weighted by Gasteiger charge is 2.20. The largest absolute Gasteiger partial charge is 0.307 e. The maximum atomic E-state index is 10.4. The first-order chi connectivity index (χ1) is 25.1. The molecule has 0 radical (unpaired) electrons. The third-order valence-electron chi connectivity index (χ3n) is 9.92. The highest BCUT2D eigenvalue weighted by Crippen LogP contribution is 2.46. The molecule has 0 saturated heterocycles. The zero-order chi connectivity index (χ0) is 34.2. The quantitative estimate of drug-likeness (QED) is 0.186. The molecule has 0 spiro atoms. The lowest BCUT2D eigenvalue weighted by molar-refractivity contribution is 1.17. The van der Waals surface area contributed by atoms with E-state index in [-0.39, 0.29) is 0 Å². The Morgan fingerprint density at radius 3 is 1.76 bits per heavy atom. The number of fused-ring (bicyclic) bond motifs is 10. The van der Waals surface area contributed by atoms with Crippen molar-refractivity contribution in [3.8, 4) is 46.1 Å². The van der Waals surface area contributed by atoms with Gasteiger partial charge in [-0.2, -0.15) is 15.8 Å². The van der Waals surface area contributed by atoms with E-state index in [9.17, 15) is 15.8 Å². The van der Waals surface area contributed by atoms with E-state index in [1.54, 1.807) is 0 Å². The third-order valence-corrected chi connectivity index (χ3v) is 12.5. The summed E-state index contributed by atoms with van der Waals surface area (Å²) >= 11 is 3.66. The monoisotopic (exact) mass is 682 g/mol. The number of benzene rings is 7. The minimum absolute atomic E-state index is 0.585. The summed E-state index contributed by atoms with van der Waals surface area (Å²) in [7, 11) is 0. The van der Waals surface area contributed by atoms with Crippen molar-refractivity contribution in [1.82, 2.24) is 4.57 Å². The van der Waals surface area contributed by atoms with Crippen molar-refractivity contribution < 1.29 is 0 Å². The maximum Gasteiger partial charge on any atom is 0.101 e. The van der Waals surface area contributed by atoms with Crippen LogP contribution >= 0.6 is 22.7 Å². The number of hydrogen-bond acceptors (Lipinski definition) is 5. The van der Waals surface area contributed by atoms with Gasteiger partial charge in [-0.15, -0.1) is 22.7 Å². The van der Waals surface area contributed by atoms with Crippen LogP contribution < -0.4 is 0 Å². The van der Waals surface area contributed by atoms with E-state index in [1.165, 1.54) is 40.3 Å². The van der Waals surface area contributed by atoms with Gasteiger partial charge in [0.2, 0.25) is 0 Å². The van der Waals surface area contributed by atoms with Crippen LogP contribution in [0.3, 0.4) is 0 Å². The van der Waals surface area contributed by atoms with E-state index in [2.05, 4.69) is 89.5 Å². The molecule has 0 bridgehead atoms. The van der Waals surface area contributed by atoms with Crippen LogP contribution in [0, 0.1) is 34.0 Å². The molecule has 0 saturated carbocycles. The fraction of sp³-hybridized carbons (Fsp3) is 0. The summed E-state index contributed by atoms with van der Waals surface area (Å²) in [5, 5.41) is 36.3. The van der Waals surface area contributed by atoms with Crippen molar-refractivity contribution in [3.63, 3.8) is 0 Å². The van der Waals surface area contributed by atoms with Crippen molar-refractivity contribution in [2.75, 3.05) is 0 Å². The molecule has 0 aliphatic heterocycles. The van der Waals surface area contributed by atoms with Gasteiger partial charge in [-0.3, -0.25) is 0 Å². The minimum Gasteiger partial charge on any atom is -0.307 e. The average Bonchev–Trinajstić information content (AvgIpc) is 3.86. The lowest BCUT2D eigenvalue weighted by atomic mass is 9.98. The van der Waals surface area contributed by atoms with Gasteiger partial charge < -0.3 is 4.57 Å². The fourth-order valence-corrected chi connectivity index (χ4v) is 10.0. The van der Waals surface area contributed by atoms with E-state index in [1.807, 2.05) is 89.4 Å². The van der Waals surface area contributed by atoms with Crippen LogP contribution in [0.15, 0.2) is 133 Å². The summed E-state index contributed by atoms with van der Waals surface area (Å²) in [5.74, 6) is 0. The summed E-state index contributed by atoms with van der Waals surface area (Å²) in [6.45, 7) is 0. The number of rotatable bonds is 3. The Balaban J connectivity index is 1.17. The SMILES string of the molecule is N#Cc1ccc(-c2ccc3sc4c(ccc5c6cc(-c7cccc(C#N)c7-n7c8ccccc8c8cc(C#N)ccc87)ccc6sc54)c3c2)cc1. The summed E-state index contributed by atoms with van der Waals surface area (Å²) in [5.41, 5.74) is 8.87. The predicted octanol–water partition coefficient (Wildman–Crippen LogP) is 12.5. The van der Waals surface area contributed by atoms with Crippen molar-refractivity contribution >= 4 is 84.8 Å². The van der Waals surface area contributed by atoms with E-state index >= 15 is 0 Å². The Hall–Kier alpha value is -6.75. The van der Waals surface area contributed by atoms with E-state index in [0.29, 0.717) is 16.7 Å². The Morgan fingerprint density at radius 2 is 1.06 bits per heavy atom. The van der Waals surface area contributed by atoms with Gasteiger partial charge in [0.05, 0.1) is 54.9 Å².